The van der Waals surface area contributed by atoms with Crippen LogP contribution < -0.4 is 19.3 Å². The minimum absolute atomic E-state index is 0.168. The third-order valence-electron chi connectivity index (χ3n) is 7.57. The summed E-state index contributed by atoms with van der Waals surface area (Å²) < 4.78 is 16.3. The van der Waals surface area contributed by atoms with E-state index in [9.17, 15) is 14.4 Å². The fourth-order valence-electron chi connectivity index (χ4n) is 6.03. The number of benzene rings is 3. The Balaban J connectivity index is 1.50. The molecule has 8 nitrogen and oxygen atoms in total. The standard InChI is InChI=1S/C29H26N2O6/c1-4-37-29(34)26-25-24(27(32)31(28(25)33)22-15-17(35-2)10-14-23(22)36-3)21-13-11-19-18-8-6-5-7-16(18)9-12-20(19)30(21)26/h5-15,21,24-26H,4H2,1-3H3/t21-,24-,25-,26+/m1/s1. The van der Waals surface area contributed by atoms with Gasteiger partial charge in [-0.3, -0.25) is 9.59 Å². The van der Waals surface area contributed by atoms with Crippen LogP contribution in [-0.2, 0) is 19.1 Å². The van der Waals surface area contributed by atoms with Crippen LogP contribution in [0.4, 0.5) is 11.4 Å². The molecule has 0 N–H and O–H groups in total. The Kier molecular flexibility index (Phi) is 5.40. The molecule has 3 heterocycles. The summed E-state index contributed by atoms with van der Waals surface area (Å²) >= 11 is 0. The molecule has 3 aliphatic heterocycles. The number of ether oxygens (including phenoxy) is 3. The largest absolute Gasteiger partial charge is 0.497 e. The summed E-state index contributed by atoms with van der Waals surface area (Å²) in [6, 6.07) is 15.5. The van der Waals surface area contributed by atoms with Crippen molar-refractivity contribution in [1.82, 2.24) is 0 Å². The third-order valence-corrected chi connectivity index (χ3v) is 7.57. The van der Waals surface area contributed by atoms with Gasteiger partial charge in [0.2, 0.25) is 11.8 Å². The van der Waals surface area contributed by atoms with Gasteiger partial charge in [0.1, 0.15) is 17.5 Å². The fourth-order valence-corrected chi connectivity index (χ4v) is 6.03. The van der Waals surface area contributed by atoms with Gasteiger partial charge in [-0.1, -0.05) is 42.5 Å². The van der Waals surface area contributed by atoms with Crippen molar-refractivity contribution in [3.8, 4) is 11.5 Å². The molecule has 2 amide bonds. The van der Waals surface area contributed by atoms with Crippen LogP contribution in [-0.4, -0.2) is 50.7 Å². The number of carbonyl (C=O) groups excluding carboxylic acids is 3. The molecule has 37 heavy (non-hydrogen) atoms. The number of methoxy groups -OCH3 is 2. The zero-order valence-electron chi connectivity index (χ0n) is 20.7. The predicted octanol–water partition coefficient (Wildman–Crippen LogP) is 3.81. The van der Waals surface area contributed by atoms with Gasteiger partial charge in [-0.2, -0.15) is 0 Å². The molecular weight excluding hydrogens is 472 g/mol. The number of anilines is 2. The molecule has 3 aromatic carbocycles. The lowest BCUT2D eigenvalue weighted by molar-refractivity contribution is -0.147. The zero-order valence-corrected chi connectivity index (χ0v) is 20.7. The SMILES string of the molecule is CCOC(=O)[C@@H]1[C@@H]2C(=O)N(c3cc(OC)ccc3OC)C(=O)[C@@H]2[C@H]2C=Cc3c(ccc4ccccc34)N21. The van der Waals surface area contributed by atoms with Gasteiger partial charge < -0.3 is 19.1 Å². The molecule has 188 valence electrons. The van der Waals surface area contributed by atoms with Gasteiger partial charge in [0.25, 0.3) is 0 Å². The van der Waals surface area contributed by atoms with Crippen LogP contribution in [0.25, 0.3) is 16.8 Å². The van der Waals surface area contributed by atoms with Gasteiger partial charge in [0, 0.05) is 17.3 Å². The molecule has 0 aromatic heterocycles. The number of hydrogen-bond donors (Lipinski definition) is 0. The van der Waals surface area contributed by atoms with Crippen molar-refractivity contribution in [2.24, 2.45) is 11.8 Å². The van der Waals surface area contributed by atoms with Crippen LogP contribution in [0, 0.1) is 11.8 Å². The number of rotatable bonds is 5. The van der Waals surface area contributed by atoms with Crippen LogP contribution in [0.15, 0.2) is 60.7 Å². The quantitative estimate of drug-likeness (QED) is 0.391. The minimum Gasteiger partial charge on any atom is -0.497 e. The molecule has 2 saturated heterocycles. The maximum atomic E-state index is 14.0. The highest BCUT2D eigenvalue weighted by atomic mass is 16.5. The van der Waals surface area contributed by atoms with E-state index in [0.29, 0.717) is 17.2 Å². The van der Waals surface area contributed by atoms with Crippen molar-refractivity contribution < 1.29 is 28.6 Å². The average Bonchev–Trinajstić information content (AvgIpc) is 3.40. The van der Waals surface area contributed by atoms with Crippen LogP contribution in [0.2, 0.25) is 0 Å². The lowest BCUT2D eigenvalue weighted by Gasteiger charge is -2.36. The summed E-state index contributed by atoms with van der Waals surface area (Å²) in [6.45, 7) is 1.90. The van der Waals surface area contributed by atoms with Gasteiger partial charge in [-0.25, -0.2) is 9.69 Å². The van der Waals surface area contributed by atoms with E-state index in [1.54, 1.807) is 25.1 Å². The average molecular weight is 499 g/mol. The maximum absolute atomic E-state index is 14.0. The molecule has 4 atom stereocenters. The first kappa shape index (κ1) is 23.1. The highest BCUT2D eigenvalue weighted by Crippen LogP contribution is 2.51. The van der Waals surface area contributed by atoms with Gasteiger partial charge in [0.15, 0.2) is 0 Å². The molecule has 0 radical (unpaired) electrons. The molecule has 2 fully saturated rings. The Bertz CT molecular complexity index is 1480. The van der Waals surface area contributed by atoms with Crippen LogP contribution in [0.1, 0.15) is 12.5 Å². The van der Waals surface area contributed by atoms with E-state index in [0.717, 1.165) is 26.9 Å². The molecule has 0 unspecified atom stereocenters. The summed E-state index contributed by atoms with van der Waals surface area (Å²) in [5, 5.41) is 2.11. The first-order valence-electron chi connectivity index (χ1n) is 12.2. The summed E-state index contributed by atoms with van der Waals surface area (Å²) in [5.41, 5.74) is 2.06. The number of esters is 1. The second kappa shape index (κ2) is 8.65. The summed E-state index contributed by atoms with van der Waals surface area (Å²) in [5.74, 6) is -2.17. The van der Waals surface area contributed by atoms with Crippen molar-refractivity contribution in [3.05, 3.63) is 66.2 Å². The van der Waals surface area contributed by atoms with E-state index in [2.05, 4.69) is 0 Å². The third kappa shape index (κ3) is 3.25. The number of amides is 2. The van der Waals surface area contributed by atoms with Crippen molar-refractivity contribution >= 4 is 46.0 Å². The summed E-state index contributed by atoms with van der Waals surface area (Å²) in [4.78, 5) is 44.4. The monoisotopic (exact) mass is 498 g/mol. The van der Waals surface area contributed by atoms with Crippen LogP contribution >= 0.6 is 0 Å². The molecule has 0 spiro atoms. The van der Waals surface area contributed by atoms with E-state index < -0.39 is 35.8 Å². The molecule has 3 aromatic rings. The van der Waals surface area contributed by atoms with E-state index in [1.165, 1.54) is 14.2 Å². The van der Waals surface area contributed by atoms with Crippen molar-refractivity contribution in [3.63, 3.8) is 0 Å². The normalized spacial score (nSPS) is 23.6. The predicted molar refractivity (Wildman–Crippen MR) is 139 cm³/mol. The zero-order chi connectivity index (χ0) is 25.8. The molecule has 3 aliphatic rings. The van der Waals surface area contributed by atoms with E-state index in [-0.39, 0.29) is 12.5 Å². The minimum atomic E-state index is -0.946. The number of fused-ring (bicyclic) bond motifs is 7. The molecule has 6 rings (SSSR count). The maximum Gasteiger partial charge on any atom is 0.329 e. The van der Waals surface area contributed by atoms with Gasteiger partial charge >= 0.3 is 5.97 Å². The Hall–Kier alpha value is -4.33. The van der Waals surface area contributed by atoms with Crippen LogP contribution in [0.5, 0.6) is 11.5 Å². The number of imide groups is 1. The Morgan fingerprint density at radius 2 is 1.70 bits per heavy atom. The van der Waals surface area contributed by atoms with Crippen molar-refractivity contribution in [2.75, 3.05) is 30.6 Å². The van der Waals surface area contributed by atoms with Gasteiger partial charge in [-0.15, -0.1) is 0 Å². The Morgan fingerprint density at radius 1 is 0.919 bits per heavy atom. The number of hydrogen-bond acceptors (Lipinski definition) is 7. The molecule has 0 bridgehead atoms. The van der Waals surface area contributed by atoms with Crippen LogP contribution in [0.3, 0.4) is 0 Å². The van der Waals surface area contributed by atoms with E-state index >= 15 is 0 Å². The first-order valence-corrected chi connectivity index (χ1v) is 12.2. The lowest BCUT2D eigenvalue weighted by Crippen LogP contribution is -2.49. The summed E-state index contributed by atoms with van der Waals surface area (Å²) in [7, 11) is 2.99. The molecule has 0 saturated carbocycles. The second-order valence-electron chi connectivity index (χ2n) is 9.27. The topological polar surface area (TPSA) is 85.4 Å². The van der Waals surface area contributed by atoms with Crippen molar-refractivity contribution in [2.45, 2.75) is 19.0 Å². The van der Waals surface area contributed by atoms with E-state index in [4.69, 9.17) is 14.2 Å². The van der Waals surface area contributed by atoms with Crippen molar-refractivity contribution in [1.29, 1.82) is 0 Å². The smallest absolute Gasteiger partial charge is 0.329 e. The Labute approximate surface area is 214 Å². The van der Waals surface area contributed by atoms with Gasteiger partial charge in [-0.05, 0) is 35.9 Å². The fraction of sp³-hybridized carbons (Fsp3) is 0.276. The summed E-state index contributed by atoms with van der Waals surface area (Å²) in [6.07, 6.45) is 3.93. The first-order chi connectivity index (χ1) is 18.0. The molecule has 0 aliphatic carbocycles. The molecule has 8 heteroatoms. The Morgan fingerprint density at radius 3 is 2.46 bits per heavy atom. The highest BCUT2D eigenvalue weighted by Gasteiger charge is 2.65. The number of carbonyl (C=O) groups is 3. The van der Waals surface area contributed by atoms with Gasteiger partial charge in [0.05, 0.1) is 44.4 Å². The second-order valence-corrected chi connectivity index (χ2v) is 9.27. The van der Waals surface area contributed by atoms with E-state index in [1.807, 2.05) is 53.5 Å². The lowest BCUT2D eigenvalue weighted by atomic mass is 9.88. The number of nitrogens with zero attached hydrogens (tertiary/aromatic N) is 2. The highest BCUT2D eigenvalue weighted by molar-refractivity contribution is 6.25. The molecular formula is C29H26N2O6.